The molecule has 0 saturated heterocycles. The van der Waals surface area contributed by atoms with Crippen LogP contribution >= 0.6 is 0 Å². The molecule has 120 valence electrons. The summed E-state index contributed by atoms with van der Waals surface area (Å²) in [6.45, 7) is 1.80. The standard InChI is InChI=1S/C18H19NO4/c1-2-12-3-5-13(6-4-12)15-9-10-16(23-15)18(22)19(11-17(20)21)14-7-8-14/h3-6,9-10,14H,2,7-8,11H2,1H3,(H,20,21). The number of nitrogens with zero attached hydrogens (tertiary/aromatic N) is 1. The van der Waals surface area contributed by atoms with Crippen molar-refractivity contribution in [2.75, 3.05) is 6.54 Å². The summed E-state index contributed by atoms with van der Waals surface area (Å²) in [6, 6.07) is 11.4. The molecule has 1 N–H and O–H groups in total. The molecule has 1 heterocycles. The minimum atomic E-state index is -1.01. The topological polar surface area (TPSA) is 70.8 Å². The van der Waals surface area contributed by atoms with Gasteiger partial charge in [0.25, 0.3) is 5.91 Å². The van der Waals surface area contributed by atoms with E-state index in [0.717, 1.165) is 24.8 Å². The fourth-order valence-corrected chi connectivity index (χ4v) is 2.55. The molecule has 0 atom stereocenters. The second kappa shape index (κ2) is 6.28. The molecule has 0 unspecified atom stereocenters. The molecule has 1 aliphatic rings. The largest absolute Gasteiger partial charge is 0.480 e. The quantitative estimate of drug-likeness (QED) is 0.889. The molecule has 1 amide bonds. The summed E-state index contributed by atoms with van der Waals surface area (Å²) in [6.07, 6.45) is 2.67. The Morgan fingerprint density at radius 3 is 2.43 bits per heavy atom. The number of carboxylic acid groups (broad SMARTS) is 1. The van der Waals surface area contributed by atoms with Crippen LogP contribution in [0.4, 0.5) is 0 Å². The van der Waals surface area contributed by atoms with Gasteiger partial charge in [-0.25, -0.2) is 0 Å². The third-order valence-corrected chi connectivity index (χ3v) is 4.02. The molecular formula is C18H19NO4. The first-order valence-electron chi connectivity index (χ1n) is 7.80. The number of rotatable bonds is 6. The smallest absolute Gasteiger partial charge is 0.323 e. The van der Waals surface area contributed by atoms with Crippen LogP contribution in [0.25, 0.3) is 11.3 Å². The zero-order valence-corrected chi connectivity index (χ0v) is 13.0. The summed E-state index contributed by atoms with van der Waals surface area (Å²) in [7, 11) is 0. The molecule has 0 bridgehead atoms. The van der Waals surface area contributed by atoms with Crippen molar-refractivity contribution in [1.82, 2.24) is 4.90 Å². The predicted molar refractivity (Wildman–Crippen MR) is 85.2 cm³/mol. The predicted octanol–water partition coefficient (Wildman–Crippen LogP) is 3.20. The molecular weight excluding hydrogens is 294 g/mol. The second-order valence-electron chi connectivity index (χ2n) is 5.77. The normalized spacial score (nSPS) is 13.8. The van der Waals surface area contributed by atoms with Crippen molar-refractivity contribution in [3.05, 3.63) is 47.7 Å². The van der Waals surface area contributed by atoms with Gasteiger partial charge < -0.3 is 14.4 Å². The molecule has 23 heavy (non-hydrogen) atoms. The fourth-order valence-electron chi connectivity index (χ4n) is 2.55. The maximum Gasteiger partial charge on any atom is 0.323 e. The van der Waals surface area contributed by atoms with E-state index in [1.54, 1.807) is 12.1 Å². The monoisotopic (exact) mass is 313 g/mol. The molecule has 1 aromatic carbocycles. The second-order valence-corrected chi connectivity index (χ2v) is 5.77. The van der Waals surface area contributed by atoms with E-state index >= 15 is 0 Å². The number of carboxylic acids is 1. The van der Waals surface area contributed by atoms with Gasteiger partial charge in [-0.05, 0) is 37.0 Å². The first-order valence-corrected chi connectivity index (χ1v) is 7.80. The fraction of sp³-hybridized carbons (Fsp3) is 0.333. The summed E-state index contributed by atoms with van der Waals surface area (Å²) in [5.74, 6) is -0.562. The average Bonchev–Trinajstić information content (AvgIpc) is 3.28. The van der Waals surface area contributed by atoms with Gasteiger partial charge in [-0.1, -0.05) is 31.2 Å². The van der Waals surface area contributed by atoms with Gasteiger partial charge in [-0.3, -0.25) is 9.59 Å². The van der Waals surface area contributed by atoms with Crippen LogP contribution in [0, 0.1) is 0 Å². The van der Waals surface area contributed by atoms with Crippen LogP contribution in [-0.4, -0.2) is 34.5 Å². The lowest BCUT2D eigenvalue weighted by Crippen LogP contribution is -2.37. The number of hydrogen-bond acceptors (Lipinski definition) is 3. The Balaban J connectivity index is 1.79. The third-order valence-electron chi connectivity index (χ3n) is 4.02. The van der Waals surface area contributed by atoms with Gasteiger partial charge in [-0.2, -0.15) is 0 Å². The van der Waals surface area contributed by atoms with Crippen molar-refractivity contribution in [1.29, 1.82) is 0 Å². The Kier molecular flexibility index (Phi) is 4.19. The third kappa shape index (κ3) is 3.44. The molecule has 0 radical (unpaired) electrons. The van der Waals surface area contributed by atoms with Crippen LogP contribution in [0.1, 0.15) is 35.9 Å². The van der Waals surface area contributed by atoms with Crippen molar-refractivity contribution in [2.24, 2.45) is 0 Å². The Hall–Kier alpha value is -2.56. The van der Waals surface area contributed by atoms with Crippen molar-refractivity contribution < 1.29 is 19.1 Å². The molecule has 1 aromatic heterocycles. The summed E-state index contributed by atoms with van der Waals surface area (Å²) in [5.41, 5.74) is 2.13. The molecule has 1 fully saturated rings. The highest BCUT2D eigenvalue weighted by Crippen LogP contribution is 2.29. The van der Waals surface area contributed by atoms with Gasteiger partial charge in [0.15, 0.2) is 5.76 Å². The van der Waals surface area contributed by atoms with E-state index in [2.05, 4.69) is 6.92 Å². The SMILES string of the molecule is CCc1ccc(-c2ccc(C(=O)N(CC(=O)O)C3CC3)o2)cc1. The number of furan rings is 1. The minimum absolute atomic E-state index is 0.0241. The van der Waals surface area contributed by atoms with Crippen LogP contribution < -0.4 is 0 Å². The van der Waals surface area contributed by atoms with Gasteiger partial charge in [0, 0.05) is 11.6 Å². The molecule has 0 aliphatic heterocycles. The van der Waals surface area contributed by atoms with Crippen molar-refractivity contribution in [3.8, 4) is 11.3 Å². The first kappa shape index (κ1) is 15.3. The molecule has 1 saturated carbocycles. The summed E-state index contributed by atoms with van der Waals surface area (Å²) < 4.78 is 5.66. The summed E-state index contributed by atoms with van der Waals surface area (Å²) in [5, 5.41) is 8.96. The van der Waals surface area contributed by atoms with E-state index in [-0.39, 0.29) is 24.3 Å². The highest BCUT2D eigenvalue weighted by molar-refractivity contribution is 5.94. The molecule has 5 nitrogen and oxygen atoms in total. The van der Waals surface area contributed by atoms with Crippen LogP contribution in [-0.2, 0) is 11.2 Å². The Morgan fingerprint density at radius 2 is 1.87 bits per heavy atom. The number of aryl methyl sites for hydroxylation is 1. The number of aliphatic carboxylic acids is 1. The van der Waals surface area contributed by atoms with Crippen LogP contribution in [0.15, 0.2) is 40.8 Å². The van der Waals surface area contributed by atoms with Gasteiger partial charge in [0.2, 0.25) is 0 Å². The summed E-state index contributed by atoms with van der Waals surface area (Å²) in [4.78, 5) is 24.8. The average molecular weight is 313 g/mol. The van der Waals surface area contributed by atoms with Crippen molar-refractivity contribution >= 4 is 11.9 Å². The van der Waals surface area contributed by atoms with E-state index in [1.165, 1.54) is 10.5 Å². The van der Waals surface area contributed by atoms with Gasteiger partial charge >= 0.3 is 5.97 Å². The zero-order valence-electron chi connectivity index (χ0n) is 13.0. The Morgan fingerprint density at radius 1 is 1.17 bits per heavy atom. The maximum absolute atomic E-state index is 12.5. The number of hydrogen-bond donors (Lipinski definition) is 1. The maximum atomic E-state index is 12.5. The van der Waals surface area contributed by atoms with Crippen LogP contribution in [0.3, 0.4) is 0 Å². The van der Waals surface area contributed by atoms with Crippen molar-refractivity contribution in [3.63, 3.8) is 0 Å². The van der Waals surface area contributed by atoms with E-state index in [9.17, 15) is 9.59 Å². The van der Waals surface area contributed by atoms with E-state index in [1.807, 2.05) is 24.3 Å². The first-order chi connectivity index (χ1) is 11.1. The Labute approximate surface area is 134 Å². The number of benzene rings is 1. The lowest BCUT2D eigenvalue weighted by molar-refractivity contribution is -0.137. The molecule has 5 heteroatoms. The lowest BCUT2D eigenvalue weighted by atomic mass is 10.1. The van der Waals surface area contributed by atoms with Gasteiger partial charge in [-0.15, -0.1) is 0 Å². The molecule has 2 aromatic rings. The molecule has 3 rings (SSSR count). The van der Waals surface area contributed by atoms with E-state index < -0.39 is 5.97 Å². The number of carbonyl (C=O) groups is 2. The Bertz CT molecular complexity index is 713. The summed E-state index contributed by atoms with van der Waals surface area (Å²) >= 11 is 0. The van der Waals surface area contributed by atoms with Crippen LogP contribution in [0.5, 0.6) is 0 Å². The van der Waals surface area contributed by atoms with Crippen LogP contribution in [0.2, 0.25) is 0 Å². The number of carbonyl (C=O) groups excluding carboxylic acids is 1. The van der Waals surface area contributed by atoms with Gasteiger partial charge in [0.1, 0.15) is 12.3 Å². The minimum Gasteiger partial charge on any atom is -0.480 e. The molecule has 1 aliphatic carbocycles. The lowest BCUT2D eigenvalue weighted by Gasteiger charge is -2.18. The zero-order chi connectivity index (χ0) is 16.4. The van der Waals surface area contributed by atoms with Crippen molar-refractivity contribution in [2.45, 2.75) is 32.2 Å². The number of amides is 1. The van der Waals surface area contributed by atoms with Gasteiger partial charge in [0.05, 0.1) is 0 Å². The van der Waals surface area contributed by atoms with E-state index in [0.29, 0.717) is 5.76 Å². The highest BCUT2D eigenvalue weighted by Gasteiger charge is 2.35. The highest BCUT2D eigenvalue weighted by atomic mass is 16.4. The molecule has 0 spiro atoms. The van der Waals surface area contributed by atoms with E-state index in [4.69, 9.17) is 9.52 Å².